The maximum atomic E-state index is 12.3. The van der Waals surface area contributed by atoms with Gasteiger partial charge >= 0.3 is 0 Å². The Hall–Kier alpha value is -1.42. The molecule has 1 amide bonds. The molecule has 0 saturated carbocycles. The highest BCUT2D eigenvalue weighted by Crippen LogP contribution is 2.31. The quantitative estimate of drug-likeness (QED) is 0.883. The molecule has 1 aliphatic heterocycles. The monoisotopic (exact) mass is 261 g/mol. The number of nitrogens with zero attached hydrogens (tertiary/aromatic N) is 2. The predicted octanol–water partition coefficient (Wildman–Crippen LogP) is 2.13. The smallest absolute Gasteiger partial charge is 0.224 e. The van der Waals surface area contributed by atoms with E-state index in [9.17, 15) is 4.79 Å². The lowest BCUT2D eigenvalue weighted by Crippen LogP contribution is -2.34. The lowest BCUT2D eigenvalue weighted by Gasteiger charge is -2.25. The van der Waals surface area contributed by atoms with E-state index in [1.165, 1.54) is 5.56 Å². The molecule has 0 aromatic carbocycles. The van der Waals surface area contributed by atoms with Gasteiger partial charge in [0.1, 0.15) is 0 Å². The van der Waals surface area contributed by atoms with Crippen LogP contribution in [0.15, 0.2) is 24.5 Å². The summed E-state index contributed by atoms with van der Waals surface area (Å²) in [5.74, 6) is 0.257. The fourth-order valence-electron chi connectivity index (χ4n) is 2.61. The number of hydrogen-bond acceptors (Lipinski definition) is 3. The first kappa shape index (κ1) is 14.0. The van der Waals surface area contributed by atoms with E-state index in [-0.39, 0.29) is 11.9 Å². The molecule has 1 saturated heterocycles. The number of amides is 1. The minimum atomic E-state index is 0.245. The van der Waals surface area contributed by atoms with Crippen LogP contribution in [0.4, 0.5) is 0 Å². The highest BCUT2D eigenvalue weighted by Gasteiger charge is 2.29. The highest BCUT2D eigenvalue weighted by molar-refractivity contribution is 5.77. The van der Waals surface area contributed by atoms with Crippen LogP contribution in [-0.4, -0.2) is 34.9 Å². The Balaban J connectivity index is 1.93. The van der Waals surface area contributed by atoms with Gasteiger partial charge < -0.3 is 10.2 Å². The molecular weight excluding hydrogens is 238 g/mol. The summed E-state index contributed by atoms with van der Waals surface area (Å²) in [6.45, 7) is 5.84. The normalized spacial score (nSPS) is 19.1. The van der Waals surface area contributed by atoms with Gasteiger partial charge in [-0.3, -0.25) is 9.78 Å². The Morgan fingerprint density at radius 3 is 2.89 bits per heavy atom. The highest BCUT2D eigenvalue weighted by atomic mass is 16.2. The number of nitrogens with one attached hydrogen (secondary N) is 1. The van der Waals surface area contributed by atoms with Crippen molar-refractivity contribution in [2.75, 3.05) is 13.1 Å². The van der Waals surface area contributed by atoms with Crippen LogP contribution in [0, 0.1) is 0 Å². The van der Waals surface area contributed by atoms with E-state index in [2.05, 4.69) is 24.1 Å². The zero-order valence-electron chi connectivity index (χ0n) is 11.8. The molecule has 4 heteroatoms. The Labute approximate surface area is 115 Å². The van der Waals surface area contributed by atoms with Crippen molar-refractivity contribution in [3.8, 4) is 0 Å². The van der Waals surface area contributed by atoms with Gasteiger partial charge in [-0.2, -0.15) is 0 Å². The average molecular weight is 261 g/mol. The number of pyridine rings is 1. The summed E-state index contributed by atoms with van der Waals surface area (Å²) >= 11 is 0. The van der Waals surface area contributed by atoms with Gasteiger partial charge in [0.25, 0.3) is 0 Å². The predicted molar refractivity (Wildman–Crippen MR) is 75.7 cm³/mol. The van der Waals surface area contributed by atoms with Gasteiger partial charge in [0, 0.05) is 37.9 Å². The third-order valence-corrected chi connectivity index (χ3v) is 3.56. The number of carbonyl (C=O) groups is 1. The fraction of sp³-hybridized carbons (Fsp3) is 0.600. The van der Waals surface area contributed by atoms with E-state index in [1.807, 2.05) is 17.0 Å². The molecule has 2 heterocycles. The summed E-state index contributed by atoms with van der Waals surface area (Å²) in [4.78, 5) is 18.3. The third kappa shape index (κ3) is 3.77. The number of hydrogen-bond donors (Lipinski definition) is 1. The first-order chi connectivity index (χ1) is 9.18. The van der Waals surface area contributed by atoms with Gasteiger partial charge in [-0.05, 0) is 30.5 Å². The van der Waals surface area contributed by atoms with Crippen LogP contribution in [0.1, 0.15) is 44.7 Å². The zero-order valence-corrected chi connectivity index (χ0v) is 11.8. The molecule has 1 aromatic heterocycles. The van der Waals surface area contributed by atoms with E-state index in [4.69, 9.17) is 0 Å². The maximum absolute atomic E-state index is 12.3. The van der Waals surface area contributed by atoms with Gasteiger partial charge in [0.15, 0.2) is 0 Å². The molecule has 19 heavy (non-hydrogen) atoms. The summed E-state index contributed by atoms with van der Waals surface area (Å²) in [6.07, 6.45) is 6.34. The summed E-state index contributed by atoms with van der Waals surface area (Å²) in [6, 6.07) is 4.71. The van der Waals surface area contributed by atoms with E-state index < -0.39 is 0 Å². The molecule has 1 fully saturated rings. The Bertz CT molecular complexity index is 405. The van der Waals surface area contributed by atoms with Crippen LogP contribution < -0.4 is 5.32 Å². The van der Waals surface area contributed by atoms with Gasteiger partial charge in [0.05, 0.1) is 6.04 Å². The largest absolute Gasteiger partial charge is 0.336 e. The molecule has 1 unspecified atom stereocenters. The van der Waals surface area contributed by atoms with Crippen molar-refractivity contribution in [2.45, 2.75) is 45.2 Å². The molecule has 1 N–H and O–H groups in total. The van der Waals surface area contributed by atoms with Gasteiger partial charge in [0.2, 0.25) is 5.91 Å². The van der Waals surface area contributed by atoms with Crippen molar-refractivity contribution in [1.82, 2.24) is 15.2 Å². The van der Waals surface area contributed by atoms with Gasteiger partial charge in [-0.25, -0.2) is 0 Å². The minimum Gasteiger partial charge on any atom is -0.336 e. The van der Waals surface area contributed by atoms with Crippen molar-refractivity contribution in [3.05, 3.63) is 30.1 Å². The topological polar surface area (TPSA) is 45.2 Å². The van der Waals surface area contributed by atoms with Crippen molar-refractivity contribution in [2.24, 2.45) is 0 Å². The lowest BCUT2D eigenvalue weighted by molar-refractivity contribution is -0.132. The Morgan fingerprint density at radius 2 is 2.21 bits per heavy atom. The van der Waals surface area contributed by atoms with E-state index in [0.717, 1.165) is 25.9 Å². The van der Waals surface area contributed by atoms with Crippen molar-refractivity contribution < 1.29 is 4.79 Å². The summed E-state index contributed by atoms with van der Waals surface area (Å²) < 4.78 is 0. The summed E-state index contributed by atoms with van der Waals surface area (Å²) in [5.41, 5.74) is 1.21. The van der Waals surface area contributed by atoms with Crippen LogP contribution in [0.2, 0.25) is 0 Å². The molecule has 0 bridgehead atoms. The number of likely N-dealkylation sites (tertiary alicyclic amines) is 1. The summed E-state index contributed by atoms with van der Waals surface area (Å²) in [7, 11) is 0. The van der Waals surface area contributed by atoms with Gasteiger partial charge in [-0.15, -0.1) is 0 Å². The summed E-state index contributed by atoms with van der Waals surface area (Å²) in [5, 5.41) is 3.30. The molecule has 1 aromatic rings. The number of aromatic nitrogens is 1. The first-order valence-corrected chi connectivity index (χ1v) is 7.11. The van der Waals surface area contributed by atoms with Gasteiger partial charge in [-0.1, -0.05) is 13.8 Å². The molecular formula is C15H23N3O. The van der Waals surface area contributed by atoms with E-state index in [1.54, 1.807) is 12.4 Å². The third-order valence-electron chi connectivity index (χ3n) is 3.56. The lowest BCUT2D eigenvalue weighted by atomic mass is 10.1. The Kier molecular flexibility index (Phi) is 4.91. The molecule has 0 spiro atoms. The number of carbonyl (C=O) groups excluding carboxylic acids is 1. The van der Waals surface area contributed by atoms with E-state index >= 15 is 0 Å². The first-order valence-electron chi connectivity index (χ1n) is 7.11. The molecule has 1 atom stereocenters. The van der Waals surface area contributed by atoms with Crippen LogP contribution in [0.3, 0.4) is 0 Å². The minimum absolute atomic E-state index is 0.245. The zero-order chi connectivity index (χ0) is 13.7. The average Bonchev–Trinajstić information content (AvgIpc) is 2.88. The standard InChI is InChI=1S/C15H23N3O/c1-12(2)17-10-7-15(19)18-11-3-4-14(18)13-5-8-16-9-6-13/h5-6,8-9,12,14,17H,3-4,7,10-11H2,1-2H3. The molecule has 104 valence electrons. The molecule has 0 aliphatic carbocycles. The SMILES string of the molecule is CC(C)NCCC(=O)N1CCCC1c1ccncc1. The molecule has 2 rings (SSSR count). The van der Waals surface area contributed by atoms with Crippen molar-refractivity contribution in [3.63, 3.8) is 0 Å². The number of rotatable bonds is 5. The molecule has 4 nitrogen and oxygen atoms in total. The van der Waals surface area contributed by atoms with Crippen LogP contribution in [0.25, 0.3) is 0 Å². The Morgan fingerprint density at radius 1 is 1.47 bits per heavy atom. The van der Waals surface area contributed by atoms with Crippen molar-refractivity contribution in [1.29, 1.82) is 0 Å². The second-order valence-electron chi connectivity index (χ2n) is 5.38. The second-order valence-corrected chi connectivity index (χ2v) is 5.38. The van der Waals surface area contributed by atoms with Crippen molar-refractivity contribution >= 4 is 5.91 Å². The van der Waals surface area contributed by atoms with E-state index in [0.29, 0.717) is 12.5 Å². The van der Waals surface area contributed by atoms with Crippen LogP contribution in [-0.2, 0) is 4.79 Å². The van der Waals surface area contributed by atoms with Crippen LogP contribution in [0.5, 0.6) is 0 Å². The molecule has 0 radical (unpaired) electrons. The maximum Gasteiger partial charge on any atom is 0.224 e. The second kappa shape index (κ2) is 6.66. The van der Waals surface area contributed by atoms with Crippen LogP contribution >= 0.6 is 0 Å². The molecule has 1 aliphatic rings. The fourth-order valence-corrected chi connectivity index (χ4v) is 2.61.